The lowest BCUT2D eigenvalue weighted by molar-refractivity contribution is 0.297. The molecule has 1 aromatic carbocycles. The molecule has 0 N–H and O–H groups in total. The molecule has 4 rings (SSSR count). The number of benzene rings is 1. The maximum Gasteiger partial charge on any atom is 0.274 e. The smallest absolute Gasteiger partial charge is 0.274 e. The van der Waals surface area contributed by atoms with Crippen molar-refractivity contribution in [1.29, 1.82) is 0 Å². The Morgan fingerprint density at radius 3 is 3.00 bits per heavy atom. The molecule has 0 radical (unpaired) electrons. The molecule has 0 saturated heterocycles. The largest absolute Gasteiger partial charge is 0.489 e. The lowest BCUT2D eigenvalue weighted by atomic mass is 10.1. The van der Waals surface area contributed by atoms with Crippen molar-refractivity contribution in [2.24, 2.45) is 0 Å². The average molecular weight is 361 g/mol. The number of fused-ring (bicyclic) bond motifs is 2. The van der Waals surface area contributed by atoms with Crippen LogP contribution in [0.4, 0.5) is 0 Å². The molecule has 7 nitrogen and oxygen atoms in total. The zero-order chi connectivity index (χ0) is 17.4. The van der Waals surface area contributed by atoms with Crippen LogP contribution in [0, 0.1) is 6.92 Å². The molecule has 0 aliphatic carbocycles. The maximum absolute atomic E-state index is 12.1. The van der Waals surface area contributed by atoms with Crippen LogP contribution in [-0.4, -0.2) is 32.4 Å². The second-order valence-corrected chi connectivity index (χ2v) is 6.29. The number of hydrogen-bond acceptors (Lipinski definition) is 5. The molecule has 25 heavy (non-hydrogen) atoms. The van der Waals surface area contributed by atoms with Crippen molar-refractivity contribution < 1.29 is 9.47 Å². The molecule has 0 unspecified atom stereocenters. The van der Waals surface area contributed by atoms with Gasteiger partial charge in [-0.15, -0.1) is 0 Å². The van der Waals surface area contributed by atoms with Crippen molar-refractivity contribution >= 4 is 17.4 Å². The number of aromatic nitrogens is 4. The molecule has 8 heteroatoms. The van der Waals surface area contributed by atoms with E-state index in [1.165, 1.54) is 16.8 Å². The number of ether oxygens (including phenoxy) is 2. The van der Waals surface area contributed by atoms with E-state index in [1.54, 1.807) is 0 Å². The monoisotopic (exact) mass is 360 g/mol. The minimum Gasteiger partial charge on any atom is -0.489 e. The van der Waals surface area contributed by atoms with Gasteiger partial charge in [0.2, 0.25) is 0 Å². The van der Waals surface area contributed by atoms with Crippen LogP contribution in [-0.2, 0) is 13.0 Å². The third kappa shape index (κ3) is 2.95. The lowest BCUT2D eigenvalue weighted by Crippen LogP contribution is -2.21. The van der Waals surface area contributed by atoms with E-state index in [4.69, 9.17) is 21.1 Å². The third-order valence-corrected chi connectivity index (χ3v) is 4.44. The van der Waals surface area contributed by atoms with Gasteiger partial charge in [0.25, 0.3) is 11.3 Å². The molecule has 0 atom stereocenters. The highest BCUT2D eigenvalue weighted by atomic mass is 35.5. The molecule has 130 valence electrons. The zero-order valence-electron chi connectivity index (χ0n) is 13.7. The second kappa shape index (κ2) is 6.40. The standard InChI is InChI=1S/C17H17ClN4O3/c1-11-20-17-19-5-3-15(23)22(17)21(11)6-4-12-9-13(18)16-14(10-12)24-7-2-8-25-16/h3,5,9-10H,2,4,6-8H2,1H3. The molecule has 0 fully saturated rings. The summed E-state index contributed by atoms with van der Waals surface area (Å²) < 4.78 is 14.7. The van der Waals surface area contributed by atoms with Gasteiger partial charge in [-0.1, -0.05) is 11.6 Å². The van der Waals surface area contributed by atoms with Gasteiger partial charge in [-0.05, 0) is 31.0 Å². The van der Waals surface area contributed by atoms with Gasteiger partial charge in [-0.25, -0.2) is 4.98 Å². The molecule has 0 saturated carbocycles. The van der Waals surface area contributed by atoms with E-state index < -0.39 is 0 Å². The zero-order valence-corrected chi connectivity index (χ0v) is 14.5. The fraction of sp³-hybridized carbons (Fsp3) is 0.353. The Balaban J connectivity index is 1.64. The van der Waals surface area contributed by atoms with Crippen LogP contribution in [0.3, 0.4) is 0 Å². The number of rotatable bonds is 3. The van der Waals surface area contributed by atoms with Crippen LogP contribution in [0.1, 0.15) is 17.8 Å². The van der Waals surface area contributed by atoms with E-state index in [2.05, 4.69) is 9.97 Å². The first-order chi connectivity index (χ1) is 12.1. The van der Waals surface area contributed by atoms with Crippen LogP contribution >= 0.6 is 11.6 Å². The van der Waals surface area contributed by atoms with E-state index in [0.717, 1.165) is 17.8 Å². The summed E-state index contributed by atoms with van der Waals surface area (Å²) in [6, 6.07) is 5.25. The van der Waals surface area contributed by atoms with E-state index in [0.29, 0.717) is 48.5 Å². The van der Waals surface area contributed by atoms with Gasteiger partial charge >= 0.3 is 0 Å². The molecule has 0 amide bonds. The first-order valence-electron chi connectivity index (χ1n) is 8.13. The summed E-state index contributed by atoms with van der Waals surface area (Å²) in [6.07, 6.45) is 2.97. The molecule has 1 aliphatic rings. The topological polar surface area (TPSA) is 70.7 Å². The Morgan fingerprint density at radius 2 is 2.12 bits per heavy atom. The fourth-order valence-corrected chi connectivity index (χ4v) is 3.26. The first-order valence-corrected chi connectivity index (χ1v) is 8.50. The highest BCUT2D eigenvalue weighted by Crippen LogP contribution is 2.38. The van der Waals surface area contributed by atoms with Crippen molar-refractivity contribution in [2.45, 2.75) is 26.3 Å². The fourth-order valence-electron chi connectivity index (χ4n) is 2.97. The van der Waals surface area contributed by atoms with E-state index in [1.807, 2.05) is 23.7 Å². The second-order valence-electron chi connectivity index (χ2n) is 5.88. The predicted molar refractivity (Wildman–Crippen MR) is 92.7 cm³/mol. The van der Waals surface area contributed by atoms with Gasteiger partial charge in [0.05, 0.1) is 18.2 Å². The number of halogens is 1. The molecule has 2 aromatic heterocycles. The summed E-state index contributed by atoms with van der Waals surface area (Å²) in [5, 5.41) is 0.542. The number of aryl methyl sites for hydroxylation is 3. The molecule has 3 heterocycles. The van der Waals surface area contributed by atoms with Gasteiger partial charge in [0.1, 0.15) is 5.82 Å². The maximum atomic E-state index is 12.1. The number of nitrogens with zero attached hydrogens (tertiary/aromatic N) is 4. The quantitative estimate of drug-likeness (QED) is 0.716. The van der Waals surface area contributed by atoms with Crippen molar-refractivity contribution in [1.82, 2.24) is 19.2 Å². The van der Waals surface area contributed by atoms with Crippen LogP contribution in [0.15, 0.2) is 29.2 Å². The van der Waals surface area contributed by atoms with Gasteiger partial charge in [0, 0.05) is 25.2 Å². The van der Waals surface area contributed by atoms with Crippen LogP contribution in [0.25, 0.3) is 5.78 Å². The Bertz CT molecular complexity index is 995. The van der Waals surface area contributed by atoms with Crippen molar-refractivity contribution in [2.75, 3.05) is 13.2 Å². The summed E-state index contributed by atoms with van der Waals surface area (Å²) in [7, 11) is 0. The molecule has 1 aliphatic heterocycles. The summed E-state index contributed by atoms with van der Waals surface area (Å²) in [5.74, 6) is 2.41. The van der Waals surface area contributed by atoms with Crippen molar-refractivity contribution in [3.63, 3.8) is 0 Å². The molecular formula is C17H17ClN4O3. The van der Waals surface area contributed by atoms with Gasteiger partial charge < -0.3 is 9.47 Å². The minimum atomic E-state index is -0.151. The Labute approximate surface area is 148 Å². The summed E-state index contributed by atoms with van der Waals surface area (Å²) in [4.78, 5) is 20.6. The van der Waals surface area contributed by atoms with E-state index >= 15 is 0 Å². The van der Waals surface area contributed by atoms with E-state index in [-0.39, 0.29) is 5.56 Å². The van der Waals surface area contributed by atoms with Gasteiger partial charge in [-0.3, -0.25) is 9.48 Å². The number of hydrogen-bond donors (Lipinski definition) is 0. The van der Waals surface area contributed by atoms with Crippen LogP contribution < -0.4 is 15.0 Å². The normalized spacial score (nSPS) is 13.8. The lowest BCUT2D eigenvalue weighted by Gasteiger charge is -2.12. The summed E-state index contributed by atoms with van der Waals surface area (Å²) in [6.45, 7) is 3.64. The van der Waals surface area contributed by atoms with Crippen molar-refractivity contribution in [3.8, 4) is 11.5 Å². The van der Waals surface area contributed by atoms with E-state index in [9.17, 15) is 4.79 Å². The third-order valence-electron chi connectivity index (χ3n) is 4.16. The highest BCUT2D eigenvalue weighted by molar-refractivity contribution is 6.32. The molecular weight excluding hydrogens is 344 g/mol. The van der Waals surface area contributed by atoms with Crippen LogP contribution in [0.2, 0.25) is 5.02 Å². The molecule has 0 bridgehead atoms. The molecule has 3 aromatic rings. The minimum absolute atomic E-state index is 0.151. The van der Waals surface area contributed by atoms with Gasteiger partial charge in [-0.2, -0.15) is 9.50 Å². The summed E-state index contributed by atoms with van der Waals surface area (Å²) >= 11 is 6.34. The van der Waals surface area contributed by atoms with Gasteiger partial charge in [0.15, 0.2) is 11.5 Å². The Morgan fingerprint density at radius 1 is 1.28 bits per heavy atom. The van der Waals surface area contributed by atoms with Crippen molar-refractivity contribution in [3.05, 3.63) is 51.2 Å². The Kier molecular flexibility index (Phi) is 4.09. The summed E-state index contributed by atoms with van der Waals surface area (Å²) in [5.41, 5.74) is 0.856. The first kappa shape index (κ1) is 16.0. The highest BCUT2D eigenvalue weighted by Gasteiger charge is 2.16. The predicted octanol–water partition coefficient (Wildman–Crippen LogP) is 2.26. The average Bonchev–Trinajstić information content (AvgIpc) is 2.76. The SMILES string of the molecule is Cc1nc2nccc(=O)n2n1CCc1cc(Cl)c2c(c1)OCCCO2. The molecule has 0 spiro atoms. The van der Waals surface area contributed by atoms with Crippen LogP contribution in [0.5, 0.6) is 11.5 Å². The Hall–Kier alpha value is -2.54.